The minimum atomic E-state index is -0.297. The number of amides is 1. The van der Waals surface area contributed by atoms with Crippen LogP contribution in [0.4, 0.5) is 4.79 Å². The molecule has 248 valence electrons. The minimum Gasteiger partial charge on any atom is -0.485 e. The van der Waals surface area contributed by atoms with Gasteiger partial charge in [0.15, 0.2) is 5.05 Å². The topological polar surface area (TPSA) is 64.3 Å². The van der Waals surface area contributed by atoms with E-state index in [0.717, 1.165) is 37.9 Å². The van der Waals surface area contributed by atoms with E-state index in [0.29, 0.717) is 11.7 Å². The second-order valence-electron chi connectivity index (χ2n) is 14.4. The van der Waals surface area contributed by atoms with Crippen LogP contribution in [0.5, 0.6) is 0 Å². The zero-order valence-corrected chi connectivity index (χ0v) is 30.2. The largest absolute Gasteiger partial charge is 0.485 e. The third-order valence-electron chi connectivity index (χ3n) is 9.19. The van der Waals surface area contributed by atoms with Crippen LogP contribution in [0.2, 0.25) is 0 Å². The van der Waals surface area contributed by atoms with Crippen LogP contribution in [0, 0.1) is 10.8 Å². The van der Waals surface area contributed by atoms with Crippen LogP contribution in [0.1, 0.15) is 182 Å². The molecule has 3 unspecified atom stereocenters. The lowest BCUT2D eigenvalue weighted by Gasteiger charge is -2.49. The summed E-state index contributed by atoms with van der Waals surface area (Å²) in [7, 11) is 0. The third-order valence-corrected chi connectivity index (χ3v) is 10.4. The number of ether oxygens (including phenoxy) is 1. The quantitative estimate of drug-likeness (QED) is 0.0779. The number of nitrogens with two attached hydrogens (primary N) is 1. The molecule has 1 rings (SSSR count). The van der Waals surface area contributed by atoms with Gasteiger partial charge in [-0.3, -0.25) is 4.79 Å². The van der Waals surface area contributed by atoms with E-state index in [-0.39, 0.29) is 28.2 Å². The summed E-state index contributed by atoms with van der Waals surface area (Å²) in [5.74, 6) is 0.909. The van der Waals surface area contributed by atoms with Crippen molar-refractivity contribution in [2.75, 3.05) is 12.4 Å². The van der Waals surface area contributed by atoms with Crippen LogP contribution in [-0.2, 0) is 4.74 Å². The molecule has 0 heterocycles. The molecule has 0 aromatic carbocycles. The van der Waals surface area contributed by atoms with E-state index >= 15 is 0 Å². The summed E-state index contributed by atoms with van der Waals surface area (Å²) in [6.45, 7) is 12.0. The molecule has 0 bridgehead atoms. The molecule has 1 saturated carbocycles. The van der Waals surface area contributed by atoms with Crippen LogP contribution in [0.15, 0.2) is 0 Å². The van der Waals surface area contributed by atoms with E-state index in [1.54, 1.807) is 0 Å². The van der Waals surface area contributed by atoms with Gasteiger partial charge >= 0.3 is 0 Å². The maximum Gasteiger partial charge on any atom is 0.279 e. The van der Waals surface area contributed by atoms with E-state index < -0.39 is 0 Å². The summed E-state index contributed by atoms with van der Waals surface area (Å²) < 4.78 is 6.02. The van der Waals surface area contributed by atoms with Crippen LogP contribution in [0.25, 0.3) is 0 Å². The molecule has 1 amide bonds. The molecule has 3 N–H and O–H groups in total. The lowest BCUT2D eigenvalue weighted by Crippen LogP contribution is -2.55. The fourth-order valence-corrected chi connectivity index (χ4v) is 8.13. The number of nitrogens with one attached hydrogen (secondary N) is 1. The van der Waals surface area contributed by atoms with Crippen molar-refractivity contribution in [3.05, 3.63) is 0 Å². The molecule has 1 fully saturated rings. The molecule has 1 aliphatic rings. The number of thioether (sulfide) groups is 1. The second-order valence-corrected chi connectivity index (χ2v) is 15.9. The van der Waals surface area contributed by atoms with Crippen molar-refractivity contribution < 1.29 is 9.53 Å². The van der Waals surface area contributed by atoms with Crippen molar-refractivity contribution in [2.24, 2.45) is 16.6 Å². The first-order valence-corrected chi connectivity index (χ1v) is 19.4. The molecule has 0 aliphatic heterocycles. The summed E-state index contributed by atoms with van der Waals surface area (Å²) >= 11 is 7.15. The lowest BCUT2D eigenvalue weighted by atomic mass is 9.60. The molecule has 1 aliphatic carbocycles. The maximum absolute atomic E-state index is 12.8. The van der Waals surface area contributed by atoms with Crippen LogP contribution < -0.4 is 11.1 Å². The Morgan fingerprint density at radius 2 is 1.24 bits per heavy atom. The first kappa shape index (κ1) is 39.7. The molecule has 0 saturated heterocycles. The number of hydrogen-bond acceptors (Lipinski definition) is 5. The summed E-state index contributed by atoms with van der Waals surface area (Å²) in [4.78, 5) is 12.8. The number of thiocarbonyl (C=S) groups is 1. The third kappa shape index (κ3) is 19.1. The highest BCUT2D eigenvalue weighted by Crippen LogP contribution is 2.48. The van der Waals surface area contributed by atoms with Gasteiger partial charge in [-0.2, -0.15) is 0 Å². The van der Waals surface area contributed by atoms with Crippen molar-refractivity contribution >= 4 is 34.3 Å². The number of rotatable bonds is 25. The van der Waals surface area contributed by atoms with E-state index in [4.69, 9.17) is 22.7 Å². The molecule has 0 aromatic rings. The van der Waals surface area contributed by atoms with Crippen molar-refractivity contribution in [2.45, 2.75) is 194 Å². The van der Waals surface area contributed by atoms with E-state index in [2.05, 4.69) is 39.9 Å². The predicted molar refractivity (Wildman–Crippen MR) is 191 cm³/mol. The monoisotopic (exact) mass is 626 g/mol. The standard InChI is InChI=1S/C36H70N2O2S2/c1-6-8-10-12-14-16-18-20-22-24-26-40-33(41)32(37)36(5)29-31(28-35(3,4)30-36)38-34(39)42-27-25-23-21-19-17-15-13-11-9-7-2/h31-32H,6-30,37H2,1-5H3,(H,38,39). The summed E-state index contributed by atoms with van der Waals surface area (Å²) in [6, 6.07) is -0.170. The molecule has 0 aromatic heterocycles. The van der Waals surface area contributed by atoms with Gasteiger partial charge in [0.05, 0.1) is 12.6 Å². The highest BCUT2D eigenvalue weighted by Gasteiger charge is 2.46. The molecule has 42 heavy (non-hydrogen) atoms. The molecule has 3 atom stereocenters. The van der Waals surface area contributed by atoms with Gasteiger partial charge < -0.3 is 15.8 Å². The minimum absolute atomic E-state index is 0.0932. The van der Waals surface area contributed by atoms with Crippen molar-refractivity contribution in [1.82, 2.24) is 5.32 Å². The van der Waals surface area contributed by atoms with Gasteiger partial charge in [-0.15, -0.1) is 0 Å². The van der Waals surface area contributed by atoms with Crippen molar-refractivity contribution in [3.63, 3.8) is 0 Å². The summed E-state index contributed by atoms with van der Waals surface area (Å²) in [5, 5.41) is 4.00. The Bertz CT molecular complexity index is 702. The molecular weight excluding hydrogens is 557 g/mol. The van der Waals surface area contributed by atoms with Gasteiger partial charge in [0.25, 0.3) is 5.24 Å². The highest BCUT2D eigenvalue weighted by molar-refractivity contribution is 8.13. The lowest BCUT2D eigenvalue weighted by molar-refractivity contribution is 0.0642. The fraction of sp³-hybridized carbons (Fsp3) is 0.944. The average Bonchev–Trinajstić information content (AvgIpc) is 2.93. The number of carbonyl (C=O) groups is 1. The Labute approximate surface area is 271 Å². The van der Waals surface area contributed by atoms with Gasteiger partial charge in [-0.1, -0.05) is 162 Å². The molecule has 0 spiro atoms. The Morgan fingerprint density at radius 1 is 0.786 bits per heavy atom. The predicted octanol–water partition coefficient (Wildman–Crippen LogP) is 11.5. The molecular formula is C36H70N2O2S2. The molecule has 4 nitrogen and oxygen atoms in total. The van der Waals surface area contributed by atoms with Gasteiger partial charge in [0, 0.05) is 11.8 Å². The number of carbonyl (C=O) groups excluding carboxylic acids is 1. The normalized spacial score (nSPS) is 20.8. The summed E-state index contributed by atoms with van der Waals surface area (Å²) in [6.07, 6.45) is 29.1. The van der Waals surface area contributed by atoms with E-state index in [1.807, 2.05) is 0 Å². The fourth-order valence-electron chi connectivity index (χ4n) is 6.98. The van der Waals surface area contributed by atoms with Gasteiger partial charge in [0.1, 0.15) is 0 Å². The second kappa shape index (κ2) is 24.0. The van der Waals surface area contributed by atoms with E-state index in [9.17, 15) is 4.79 Å². The number of unbranched alkanes of at least 4 members (excludes halogenated alkanes) is 18. The summed E-state index contributed by atoms with van der Waals surface area (Å²) in [5.41, 5.74) is 6.67. The van der Waals surface area contributed by atoms with Crippen molar-refractivity contribution in [1.29, 1.82) is 0 Å². The average molecular weight is 627 g/mol. The van der Waals surface area contributed by atoms with Gasteiger partial charge in [0.2, 0.25) is 0 Å². The van der Waals surface area contributed by atoms with Crippen LogP contribution >= 0.6 is 24.0 Å². The molecule has 0 radical (unpaired) electrons. The number of hydrogen-bond donors (Lipinski definition) is 2. The van der Waals surface area contributed by atoms with Gasteiger partial charge in [-0.05, 0) is 55.2 Å². The Hall–Kier alpha value is -0.330. The first-order valence-electron chi connectivity index (χ1n) is 18.0. The van der Waals surface area contributed by atoms with E-state index in [1.165, 1.54) is 127 Å². The smallest absolute Gasteiger partial charge is 0.279 e. The maximum atomic E-state index is 12.8. The van der Waals surface area contributed by atoms with Crippen LogP contribution in [-0.4, -0.2) is 34.7 Å². The van der Waals surface area contributed by atoms with Gasteiger partial charge in [-0.25, -0.2) is 0 Å². The molecule has 6 heteroatoms. The highest BCUT2D eigenvalue weighted by atomic mass is 32.2. The van der Waals surface area contributed by atoms with Crippen LogP contribution in [0.3, 0.4) is 0 Å². The Kier molecular flexibility index (Phi) is 22.7. The SMILES string of the molecule is CCCCCCCCCCCCOC(=S)C(N)C1(C)CC(NC(=O)SCCCCCCCCCCCC)CC(C)(C)C1. The Morgan fingerprint density at radius 3 is 1.74 bits per heavy atom. The Balaban J connectivity index is 2.27. The zero-order valence-electron chi connectivity index (χ0n) is 28.5. The van der Waals surface area contributed by atoms with Crippen molar-refractivity contribution in [3.8, 4) is 0 Å². The first-order chi connectivity index (χ1) is 20.1. The zero-order chi connectivity index (χ0) is 31.1.